The van der Waals surface area contributed by atoms with E-state index >= 15 is 0 Å². The Kier molecular flexibility index (Phi) is 6.23. The standard InChI is InChI=1S/C12H21N3O5/c1-8(17)13-6-9-2-4-15(5-3-9)12(20)14-10(7-16)11(18)19/h9-10,16H,2-7H2,1H3,(H,13,17)(H,14,20)(H,18,19)/t10-/m0/s1. The zero-order valence-corrected chi connectivity index (χ0v) is 11.5. The Morgan fingerprint density at radius 1 is 1.30 bits per heavy atom. The molecule has 0 aliphatic carbocycles. The second-order valence-corrected chi connectivity index (χ2v) is 4.89. The second kappa shape index (κ2) is 7.68. The Bertz CT molecular complexity index is 366. The number of carboxylic acid groups (broad SMARTS) is 1. The van der Waals surface area contributed by atoms with Crippen molar-refractivity contribution in [1.29, 1.82) is 0 Å². The summed E-state index contributed by atoms with van der Waals surface area (Å²) in [5.41, 5.74) is 0. The van der Waals surface area contributed by atoms with Crippen molar-refractivity contribution in [2.45, 2.75) is 25.8 Å². The molecule has 0 spiro atoms. The van der Waals surface area contributed by atoms with Crippen LogP contribution in [0.2, 0.25) is 0 Å². The molecule has 1 fully saturated rings. The first-order valence-corrected chi connectivity index (χ1v) is 6.57. The molecule has 1 heterocycles. The fourth-order valence-corrected chi connectivity index (χ4v) is 2.05. The Balaban J connectivity index is 2.35. The summed E-state index contributed by atoms with van der Waals surface area (Å²) in [5.74, 6) is -1.00. The number of aliphatic hydroxyl groups excluding tert-OH is 1. The van der Waals surface area contributed by atoms with Gasteiger partial charge in [0.25, 0.3) is 0 Å². The second-order valence-electron chi connectivity index (χ2n) is 4.89. The van der Waals surface area contributed by atoms with Crippen molar-refractivity contribution in [3.63, 3.8) is 0 Å². The number of aliphatic carboxylic acids is 1. The van der Waals surface area contributed by atoms with Crippen LogP contribution in [0, 0.1) is 5.92 Å². The van der Waals surface area contributed by atoms with Crippen LogP contribution in [-0.4, -0.2) is 65.3 Å². The number of carbonyl (C=O) groups is 3. The number of urea groups is 1. The number of carbonyl (C=O) groups excluding carboxylic acids is 2. The molecule has 1 saturated heterocycles. The molecule has 0 unspecified atom stereocenters. The van der Waals surface area contributed by atoms with Crippen LogP contribution >= 0.6 is 0 Å². The summed E-state index contributed by atoms with van der Waals surface area (Å²) in [6.45, 7) is 2.43. The number of aliphatic hydroxyl groups is 1. The third kappa shape index (κ3) is 5.04. The number of piperidine rings is 1. The molecule has 3 amide bonds. The van der Waals surface area contributed by atoms with Crippen LogP contribution in [0.3, 0.4) is 0 Å². The molecule has 0 aromatic rings. The molecule has 0 saturated carbocycles. The summed E-state index contributed by atoms with van der Waals surface area (Å²) in [6.07, 6.45) is 1.51. The van der Waals surface area contributed by atoms with Crippen molar-refractivity contribution < 1.29 is 24.6 Å². The molecule has 20 heavy (non-hydrogen) atoms. The van der Waals surface area contributed by atoms with E-state index in [1.54, 1.807) is 0 Å². The van der Waals surface area contributed by atoms with Crippen LogP contribution < -0.4 is 10.6 Å². The third-order valence-corrected chi connectivity index (χ3v) is 3.32. The Morgan fingerprint density at radius 3 is 2.35 bits per heavy atom. The number of carboxylic acids is 1. The lowest BCUT2D eigenvalue weighted by molar-refractivity contribution is -0.140. The van der Waals surface area contributed by atoms with Gasteiger partial charge in [-0.1, -0.05) is 0 Å². The highest BCUT2D eigenvalue weighted by Gasteiger charge is 2.26. The quantitative estimate of drug-likeness (QED) is 0.516. The zero-order valence-electron chi connectivity index (χ0n) is 11.5. The van der Waals surface area contributed by atoms with Crippen LogP contribution in [-0.2, 0) is 9.59 Å². The minimum Gasteiger partial charge on any atom is -0.480 e. The van der Waals surface area contributed by atoms with Crippen molar-refractivity contribution >= 4 is 17.9 Å². The van der Waals surface area contributed by atoms with Crippen LogP contribution in [0.25, 0.3) is 0 Å². The van der Waals surface area contributed by atoms with E-state index in [2.05, 4.69) is 10.6 Å². The molecule has 0 radical (unpaired) electrons. The molecule has 8 heteroatoms. The van der Waals surface area contributed by atoms with Gasteiger partial charge in [-0.3, -0.25) is 4.79 Å². The SMILES string of the molecule is CC(=O)NCC1CCN(C(=O)N[C@@H](CO)C(=O)O)CC1. The number of likely N-dealkylation sites (tertiary alicyclic amines) is 1. The topological polar surface area (TPSA) is 119 Å². The number of nitrogens with one attached hydrogen (secondary N) is 2. The van der Waals surface area contributed by atoms with Crippen LogP contribution in [0.1, 0.15) is 19.8 Å². The molecular formula is C12H21N3O5. The van der Waals surface area contributed by atoms with Crippen molar-refractivity contribution in [2.24, 2.45) is 5.92 Å². The fraction of sp³-hybridized carbons (Fsp3) is 0.750. The molecule has 1 aliphatic rings. The number of amides is 3. The van der Waals surface area contributed by atoms with Gasteiger partial charge in [0, 0.05) is 26.6 Å². The molecular weight excluding hydrogens is 266 g/mol. The molecule has 0 bridgehead atoms. The molecule has 1 aliphatic heterocycles. The summed E-state index contributed by atoms with van der Waals surface area (Å²) in [5, 5.41) is 22.6. The van der Waals surface area contributed by atoms with Crippen LogP contribution in [0.15, 0.2) is 0 Å². The summed E-state index contributed by atoms with van der Waals surface area (Å²) in [6, 6.07) is -1.76. The van der Waals surface area contributed by atoms with Gasteiger partial charge >= 0.3 is 12.0 Å². The van der Waals surface area contributed by atoms with Gasteiger partial charge in [0.1, 0.15) is 0 Å². The summed E-state index contributed by atoms with van der Waals surface area (Å²) < 4.78 is 0. The molecule has 0 aromatic heterocycles. The maximum atomic E-state index is 11.8. The van der Waals surface area contributed by atoms with E-state index in [1.165, 1.54) is 11.8 Å². The summed E-state index contributed by atoms with van der Waals surface area (Å²) in [7, 11) is 0. The van der Waals surface area contributed by atoms with Gasteiger partial charge < -0.3 is 25.7 Å². The molecule has 8 nitrogen and oxygen atoms in total. The van der Waals surface area contributed by atoms with E-state index in [-0.39, 0.29) is 5.91 Å². The maximum Gasteiger partial charge on any atom is 0.328 e. The first-order valence-electron chi connectivity index (χ1n) is 6.57. The first-order chi connectivity index (χ1) is 9.43. The van der Waals surface area contributed by atoms with Crippen molar-refractivity contribution in [3.8, 4) is 0 Å². The highest BCUT2D eigenvalue weighted by Crippen LogP contribution is 2.16. The predicted molar refractivity (Wildman–Crippen MR) is 70.0 cm³/mol. The number of rotatable bonds is 5. The average Bonchev–Trinajstić information content (AvgIpc) is 2.42. The van der Waals surface area contributed by atoms with Gasteiger partial charge in [-0.2, -0.15) is 0 Å². The Hall–Kier alpha value is -1.83. The summed E-state index contributed by atoms with van der Waals surface area (Å²) in [4.78, 5) is 34.9. The lowest BCUT2D eigenvalue weighted by Crippen LogP contribution is -2.51. The normalized spacial score (nSPS) is 17.4. The number of hydrogen-bond donors (Lipinski definition) is 4. The van der Waals surface area contributed by atoms with Crippen LogP contribution in [0.5, 0.6) is 0 Å². The predicted octanol–water partition coefficient (Wildman–Crippen LogP) is -1.01. The Labute approximate surface area is 117 Å². The average molecular weight is 287 g/mol. The molecule has 0 aromatic carbocycles. The van der Waals surface area contributed by atoms with Crippen LogP contribution in [0.4, 0.5) is 4.79 Å². The Morgan fingerprint density at radius 2 is 1.90 bits per heavy atom. The lowest BCUT2D eigenvalue weighted by Gasteiger charge is -2.32. The third-order valence-electron chi connectivity index (χ3n) is 3.32. The van der Waals surface area contributed by atoms with E-state index in [0.717, 1.165) is 12.8 Å². The zero-order chi connectivity index (χ0) is 15.1. The van der Waals surface area contributed by atoms with Gasteiger partial charge in [-0.25, -0.2) is 9.59 Å². The molecule has 114 valence electrons. The molecule has 1 rings (SSSR count). The minimum absolute atomic E-state index is 0.0718. The van der Waals surface area contributed by atoms with Crippen molar-refractivity contribution in [3.05, 3.63) is 0 Å². The van der Waals surface area contributed by atoms with Gasteiger partial charge in [-0.05, 0) is 18.8 Å². The van der Waals surface area contributed by atoms with E-state index in [4.69, 9.17) is 10.2 Å². The first kappa shape index (κ1) is 16.2. The van der Waals surface area contributed by atoms with Gasteiger partial charge in [-0.15, -0.1) is 0 Å². The van der Waals surface area contributed by atoms with E-state index in [0.29, 0.717) is 25.6 Å². The maximum absolute atomic E-state index is 11.8. The van der Waals surface area contributed by atoms with E-state index in [9.17, 15) is 14.4 Å². The van der Waals surface area contributed by atoms with Gasteiger partial charge in [0.05, 0.1) is 6.61 Å². The smallest absolute Gasteiger partial charge is 0.328 e. The highest BCUT2D eigenvalue weighted by molar-refractivity contribution is 5.82. The number of nitrogens with zero attached hydrogens (tertiary/aromatic N) is 1. The lowest BCUT2D eigenvalue weighted by atomic mass is 9.97. The van der Waals surface area contributed by atoms with E-state index in [1.807, 2.05) is 0 Å². The van der Waals surface area contributed by atoms with Gasteiger partial charge in [0.2, 0.25) is 5.91 Å². The highest BCUT2D eigenvalue weighted by atomic mass is 16.4. The molecule has 1 atom stereocenters. The fourth-order valence-electron chi connectivity index (χ4n) is 2.05. The summed E-state index contributed by atoms with van der Waals surface area (Å²) >= 11 is 0. The van der Waals surface area contributed by atoms with Crippen molar-refractivity contribution in [1.82, 2.24) is 15.5 Å². The molecule has 4 N–H and O–H groups in total. The minimum atomic E-state index is -1.28. The number of hydrogen-bond acceptors (Lipinski definition) is 4. The largest absolute Gasteiger partial charge is 0.480 e. The van der Waals surface area contributed by atoms with Gasteiger partial charge in [0.15, 0.2) is 6.04 Å². The monoisotopic (exact) mass is 287 g/mol. The van der Waals surface area contributed by atoms with Crippen molar-refractivity contribution in [2.75, 3.05) is 26.2 Å². The van der Waals surface area contributed by atoms with E-state index < -0.39 is 24.6 Å².